The Hall–Kier alpha value is -0.850. The number of aliphatic imine (C=N–C) groups is 1. The Bertz CT molecular complexity index is 152. The highest BCUT2D eigenvalue weighted by Gasteiger charge is 1.74. The van der Waals surface area contributed by atoms with Crippen LogP contribution in [0.5, 0.6) is 0 Å². The van der Waals surface area contributed by atoms with E-state index in [4.69, 9.17) is 0 Å². The maximum Gasteiger partial charge on any atom is 0.0292 e. The van der Waals surface area contributed by atoms with E-state index in [9.17, 15) is 0 Å². The lowest BCUT2D eigenvalue weighted by atomic mass is 10.3. The van der Waals surface area contributed by atoms with Crippen molar-refractivity contribution in [2.45, 2.75) is 27.2 Å². The third-order valence-electron chi connectivity index (χ3n) is 0.996. The Morgan fingerprint density at radius 2 is 2.20 bits per heavy atom. The summed E-state index contributed by atoms with van der Waals surface area (Å²) < 4.78 is 0. The van der Waals surface area contributed by atoms with Crippen LogP contribution in [0, 0.1) is 0 Å². The first-order valence-electron chi connectivity index (χ1n) is 3.62. The maximum atomic E-state index is 4.07. The van der Waals surface area contributed by atoms with E-state index in [1.165, 1.54) is 5.57 Å². The van der Waals surface area contributed by atoms with Crippen molar-refractivity contribution in [2.75, 3.05) is 0 Å². The van der Waals surface area contributed by atoms with Gasteiger partial charge in [-0.1, -0.05) is 19.1 Å². The zero-order chi connectivity index (χ0) is 7.82. The van der Waals surface area contributed by atoms with Crippen molar-refractivity contribution in [1.29, 1.82) is 0 Å². The Labute approximate surface area is 63.2 Å². The highest BCUT2D eigenvalue weighted by atomic mass is 14.7. The number of hydrogen-bond donors (Lipinski definition) is 0. The Morgan fingerprint density at radius 3 is 2.70 bits per heavy atom. The monoisotopic (exact) mass is 137 g/mol. The summed E-state index contributed by atoms with van der Waals surface area (Å²) in [5.74, 6) is 0. The molecule has 0 amide bonds. The van der Waals surface area contributed by atoms with E-state index in [0.717, 1.165) is 6.42 Å². The molecule has 0 aromatic rings. The molecule has 1 heteroatoms. The fourth-order valence-electron chi connectivity index (χ4n) is 0.582. The van der Waals surface area contributed by atoms with Gasteiger partial charge in [0, 0.05) is 12.4 Å². The molecule has 0 saturated heterocycles. The van der Waals surface area contributed by atoms with Crippen molar-refractivity contribution in [3.63, 3.8) is 0 Å². The first-order chi connectivity index (χ1) is 4.81. The second kappa shape index (κ2) is 6.27. The molecule has 0 aliphatic rings. The van der Waals surface area contributed by atoms with Gasteiger partial charge < -0.3 is 0 Å². The molecular weight excluding hydrogens is 122 g/mol. The van der Waals surface area contributed by atoms with Gasteiger partial charge in [0.2, 0.25) is 0 Å². The van der Waals surface area contributed by atoms with Crippen molar-refractivity contribution in [1.82, 2.24) is 0 Å². The minimum absolute atomic E-state index is 1.000. The quantitative estimate of drug-likeness (QED) is 0.419. The molecule has 0 spiro atoms. The molecule has 0 heterocycles. The van der Waals surface area contributed by atoms with Gasteiger partial charge in [0.1, 0.15) is 0 Å². The minimum Gasteiger partial charge on any atom is -0.269 e. The molecular formula is C9H15N. The van der Waals surface area contributed by atoms with E-state index < -0.39 is 0 Å². The molecule has 0 fully saturated rings. The second-order valence-corrected chi connectivity index (χ2v) is 2.11. The molecule has 0 rings (SSSR count). The molecule has 1 nitrogen and oxygen atoms in total. The summed E-state index contributed by atoms with van der Waals surface area (Å²) in [5, 5.41) is 0. The zero-order valence-electron chi connectivity index (χ0n) is 6.96. The lowest BCUT2D eigenvalue weighted by molar-refractivity contribution is 1.30. The molecule has 0 aliphatic heterocycles. The van der Waals surface area contributed by atoms with Crippen LogP contribution in [0.2, 0.25) is 0 Å². The number of nitrogens with zero attached hydrogens (tertiary/aromatic N) is 1. The first kappa shape index (κ1) is 9.15. The fraction of sp³-hybridized carbons (Fsp3) is 0.444. The minimum atomic E-state index is 1.000. The van der Waals surface area contributed by atoms with Crippen LogP contribution in [0.3, 0.4) is 0 Å². The Kier molecular flexibility index (Phi) is 5.74. The summed E-state index contributed by atoms with van der Waals surface area (Å²) in [6.07, 6.45) is 8.80. The molecule has 0 atom stereocenters. The van der Waals surface area contributed by atoms with Gasteiger partial charge in [-0.3, -0.25) is 4.99 Å². The molecule has 0 bridgehead atoms. The van der Waals surface area contributed by atoms with Crippen molar-refractivity contribution in [3.05, 3.63) is 23.9 Å². The SMILES string of the molecule is C/C=C/C(C)=C/N=CCC. The summed E-state index contributed by atoms with van der Waals surface area (Å²) in [5.41, 5.74) is 1.19. The Balaban J connectivity index is 3.79. The van der Waals surface area contributed by atoms with E-state index in [2.05, 4.69) is 11.9 Å². The van der Waals surface area contributed by atoms with E-state index >= 15 is 0 Å². The molecule has 0 aromatic carbocycles. The normalized spacial score (nSPS) is 13.7. The second-order valence-electron chi connectivity index (χ2n) is 2.11. The standard InChI is InChI=1S/C9H15N/c1-4-6-9(3)8-10-7-5-2/h4,6-8H,5H2,1-3H3/b6-4+,9-8+,10-7?. The molecule has 0 saturated carbocycles. The molecule has 0 aromatic heterocycles. The van der Waals surface area contributed by atoms with Gasteiger partial charge in [-0.05, 0) is 25.8 Å². The zero-order valence-corrected chi connectivity index (χ0v) is 6.96. The van der Waals surface area contributed by atoms with E-state index in [1.807, 2.05) is 38.4 Å². The van der Waals surface area contributed by atoms with Crippen molar-refractivity contribution < 1.29 is 0 Å². The number of allylic oxidation sites excluding steroid dienone is 3. The van der Waals surface area contributed by atoms with Crippen LogP contribution in [-0.4, -0.2) is 6.21 Å². The summed E-state index contributed by atoms with van der Waals surface area (Å²) in [6.45, 7) is 6.11. The van der Waals surface area contributed by atoms with Crippen LogP contribution < -0.4 is 0 Å². The van der Waals surface area contributed by atoms with Gasteiger partial charge in [0.25, 0.3) is 0 Å². The van der Waals surface area contributed by atoms with Crippen LogP contribution in [0.25, 0.3) is 0 Å². The van der Waals surface area contributed by atoms with Crippen molar-refractivity contribution in [3.8, 4) is 0 Å². The third-order valence-corrected chi connectivity index (χ3v) is 0.996. The summed E-state index contributed by atoms with van der Waals surface area (Å²) in [7, 11) is 0. The van der Waals surface area contributed by atoms with Gasteiger partial charge in [0.15, 0.2) is 0 Å². The molecule has 0 aliphatic carbocycles. The first-order valence-corrected chi connectivity index (χ1v) is 3.62. The summed E-state index contributed by atoms with van der Waals surface area (Å²) in [6, 6.07) is 0. The average molecular weight is 137 g/mol. The van der Waals surface area contributed by atoms with E-state index in [-0.39, 0.29) is 0 Å². The number of rotatable bonds is 3. The van der Waals surface area contributed by atoms with Gasteiger partial charge in [0.05, 0.1) is 0 Å². The summed E-state index contributed by atoms with van der Waals surface area (Å²) in [4.78, 5) is 4.07. The fourth-order valence-corrected chi connectivity index (χ4v) is 0.582. The summed E-state index contributed by atoms with van der Waals surface area (Å²) >= 11 is 0. The third kappa shape index (κ3) is 5.29. The van der Waals surface area contributed by atoms with Crippen LogP contribution in [0.15, 0.2) is 28.9 Å². The van der Waals surface area contributed by atoms with E-state index in [0.29, 0.717) is 0 Å². The van der Waals surface area contributed by atoms with Crippen LogP contribution in [0.4, 0.5) is 0 Å². The van der Waals surface area contributed by atoms with Crippen LogP contribution in [0.1, 0.15) is 27.2 Å². The molecule has 56 valence electrons. The highest BCUT2D eigenvalue weighted by Crippen LogP contribution is 1.93. The van der Waals surface area contributed by atoms with Gasteiger partial charge in [-0.15, -0.1) is 0 Å². The van der Waals surface area contributed by atoms with Crippen molar-refractivity contribution in [2.24, 2.45) is 4.99 Å². The lowest BCUT2D eigenvalue weighted by Crippen LogP contribution is -1.67. The van der Waals surface area contributed by atoms with Crippen LogP contribution >= 0.6 is 0 Å². The predicted molar refractivity (Wildman–Crippen MR) is 47.4 cm³/mol. The predicted octanol–water partition coefficient (Wildman–Crippen LogP) is 2.95. The highest BCUT2D eigenvalue weighted by molar-refractivity contribution is 5.57. The largest absolute Gasteiger partial charge is 0.269 e. The molecule has 0 N–H and O–H groups in total. The molecule has 0 unspecified atom stereocenters. The lowest BCUT2D eigenvalue weighted by Gasteiger charge is -1.84. The smallest absolute Gasteiger partial charge is 0.0292 e. The Morgan fingerprint density at radius 1 is 1.50 bits per heavy atom. The van der Waals surface area contributed by atoms with Gasteiger partial charge in [-0.25, -0.2) is 0 Å². The van der Waals surface area contributed by atoms with Crippen molar-refractivity contribution >= 4 is 6.21 Å². The van der Waals surface area contributed by atoms with Gasteiger partial charge >= 0.3 is 0 Å². The molecule has 10 heavy (non-hydrogen) atoms. The topological polar surface area (TPSA) is 12.4 Å². The molecule has 0 radical (unpaired) electrons. The van der Waals surface area contributed by atoms with Crippen LogP contribution in [-0.2, 0) is 0 Å². The van der Waals surface area contributed by atoms with Gasteiger partial charge in [-0.2, -0.15) is 0 Å². The average Bonchev–Trinajstić information content (AvgIpc) is 1.89. The van der Waals surface area contributed by atoms with E-state index in [1.54, 1.807) is 0 Å². The number of hydrogen-bond acceptors (Lipinski definition) is 1. The maximum absolute atomic E-state index is 4.07.